The Labute approximate surface area is 161 Å². The number of carbonyl (C=O) groups is 1. The number of pyridine rings is 2. The van der Waals surface area contributed by atoms with Crippen molar-refractivity contribution in [3.63, 3.8) is 0 Å². The molecule has 0 spiro atoms. The van der Waals surface area contributed by atoms with Crippen molar-refractivity contribution < 1.29 is 18.3 Å². The summed E-state index contributed by atoms with van der Waals surface area (Å²) in [5, 5.41) is 3.78. The Morgan fingerprint density at radius 3 is 2.68 bits per heavy atom. The molecule has 3 aromatic rings. The maximum atomic E-state index is 12.9. The molecular weight excluding hydrogens is 364 g/mol. The highest BCUT2D eigenvalue weighted by Gasteiger charge is 2.23. The number of alkyl halides is 2. The lowest BCUT2D eigenvalue weighted by Gasteiger charge is -2.17. The van der Waals surface area contributed by atoms with Gasteiger partial charge in [-0.1, -0.05) is 18.2 Å². The summed E-state index contributed by atoms with van der Waals surface area (Å²) in [4.78, 5) is 21.0. The Kier molecular flexibility index (Phi) is 5.53. The minimum Gasteiger partial charge on any atom is -0.471 e. The van der Waals surface area contributed by atoms with Gasteiger partial charge in [-0.2, -0.15) is 0 Å². The zero-order valence-corrected chi connectivity index (χ0v) is 15.9. The summed E-state index contributed by atoms with van der Waals surface area (Å²) >= 11 is 0. The van der Waals surface area contributed by atoms with Crippen LogP contribution in [0.3, 0.4) is 0 Å². The minimum atomic E-state index is -2.93. The summed E-state index contributed by atoms with van der Waals surface area (Å²) < 4.78 is 31.0. The molecule has 2 heterocycles. The van der Waals surface area contributed by atoms with Crippen LogP contribution in [0.15, 0.2) is 48.8 Å². The van der Waals surface area contributed by atoms with E-state index in [1.54, 1.807) is 19.1 Å². The third-order valence-corrected chi connectivity index (χ3v) is 4.21. The monoisotopic (exact) mass is 385 g/mol. The normalized spacial score (nSPS) is 12.6. The molecule has 0 aliphatic carbocycles. The van der Waals surface area contributed by atoms with Crippen molar-refractivity contribution in [2.45, 2.75) is 32.7 Å². The van der Waals surface area contributed by atoms with Gasteiger partial charge in [-0.15, -0.1) is 0 Å². The van der Waals surface area contributed by atoms with E-state index in [4.69, 9.17) is 4.74 Å². The third kappa shape index (κ3) is 4.79. The number of nitrogens with zero attached hydrogens (tertiary/aromatic N) is 2. The van der Waals surface area contributed by atoms with Crippen LogP contribution in [0.1, 0.15) is 41.4 Å². The summed E-state index contributed by atoms with van der Waals surface area (Å²) in [6.45, 7) is 3.60. The van der Waals surface area contributed by atoms with Crippen LogP contribution in [-0.4, -0.2) is 28.4 Å². The summed E-state index contributed by atoms with van der Waals surface area (Å²) in [5.41, 5.74) is 2.64. The predicted octanol–water partition coefficient (Wildman–Crippen LogP) is 4.46. The topological polar surface area (TPSA) is 64.1 Å². The Hall–Kier alpha value is -3.09. The lowest BCUT2D eigenvalue weighted by molar-refractivity contribution is -0.0244. The molecule has 1 atom stereocenters. The standard InChI is InChI=1S/C21H21F2N3O2/c1-13-8-16(10-25-20(13)28-12-21(3,22)23)14(2)26-19(27)17-9-15-6-4-5-7-18(15)24-11-17/h4-11,14H,12H2,1-3H3,(H,26,27). The number of fused-ring (bicyclic) bond motifs is 1. The maximum absolute atomic E-state index is 12.9. The first kappa shape index (κ1) is 19.7. The highest BCUT2D eigenvalue weighted by Crippen LogP contribution is 2.22. The number of amides is 1. The van der Waals surface area contributed by atoms with Crippen LogP contribution >= 0.6 is 0 Å². The second kappa shape index (κ2) is 7.88. The number of rotatable bonds is 6. The number of halogens is 2. The Bertz CT molecular complexity index is 1000. The van der Waals surface area contributed by atoms with E-state index in [-0.39, 0.29) is 17.8 Å². The van der Waals surface area contributed by atoms with Gasteiger partial charge in [0.05, 0.1) is 17.1 Å². The molecule has 1 unspecified atom stereocenters. The number of ether oxygens (including phenoxy) is 1. The van der Waals surface area contributed by atoms with Gasteiger partial charge in [0.2, 0.25) is 5.88 Å². The van der Waals surface area contributed by atoms with Gasteiger partial charge in [-0.25, -0.2) is 13.8 Å². The van der Waals surface area contributed by atoms with Crippen molar-refractivity contribution in [1.82, 2.24) is 15.3 Å². The van der Waals surface area contributed by atoms with Crippen molar-refractivity contribution in [2.75, 3.05) is 6.61 Å². The first-order valence-corrected chi connectivity index (χ1v) is 8.86. The van der Waals surface area contributed by atoms with Crippen molar-refractivity contribution in [2.24, 2.45) is 0 Å². The summed E-state index contributed by atoms with van der Waals surface area (Å²) in [6.07, 6.45) is 3.05. The van der Waals surface area contributed by atoms with Crippen LogP contribution in [-0.2, 0) is 0 Å². The van der Waals surface area contributed by atoms with E-state index in [1.165, 1.54) is 12.4 Å². The molecule has 0 bridgehead atoms. The molecule has 1 aromatic carbocycles. The molecule has 1 amide bonds. The average molecular weight is 385 g/mol. The fraction of sp³-hybridized carbons (Fsp3) is 0.286. The van der Waals surface area contributed by atoms with Gasteiger partial charge in [0.25, 0.3) is 11.8 Å². The minimum absolute atomic E-state index is 0.155. The number of hydrogen-bond acceptors (Lipinski definition) is 4. The summed E-state index contributed by atoms with van der Waals surface area (Å²) in [6, 6.07) is 10.8. The quantitative estimate of drug-likeness (QED) is 0.680. The number of aromatic nitrogens is 2. The van der Waals surface area contributed by atoms with Crippen LogP contribution in [0.2, 0.25) is 0 Å². The van der Waals surface area contributed by atoms with E-state index >= 15 is 0 Å². The van der Waals surface area contributed by atoms with Crippen molar-refractivity contribution in [3.05, 3.63) is 65.5 Å². The van der Waals surface area contributed by atoms with Gasteiger partial charge < -0.3 is 10.1 Å². The molecule has 3 rings (SSSR count). The van der Waals surface area contributed by atoms with Crippen LogP contribution in [0.25, 0.3) is 10.9 Å². The molecule has 2 aromatic heterocycles. The molecule has 0 fully saturated rings. The second-order valence-electron chi connectivity index (χ2n) is 6.86. The SMILES string of the molecule is Cc1cc(C(C)NC(=O)c2cnc3ccccc3c2)cnc1OCC(C)(F)F. The van der Waals surface area contributed by atoms with E-state index in [9.17, 15) is 13.6 Å². The van der Waals surface area contributed by atoms with E-state index in [0.29, 0.717) is 11.1 Å². The smallest absolute Gasteiger partial charge is 0.278 e. The number of nitrogens with one attached hydrogen (secondary N) is 1. The Morgan fingerprint density at radius 1 is 1.21 bits per heavy atom. The number of hydrogen-bond donors (Lipinski definition) is 1. The molecular formula is C21H21F2N3O2. The van der Waals surface area contributed by atoms with Gasteiger partial charge in [-0.05, 0) is 37.6 Å². The fourth-order valence-corrected chi connectivity index (χ4v) is 2.73. The van der Waals surface area contributed by atoms with Crippen LogP contribution in [0.4, 0.5) is 8.78 Å². The number of aryl methyl sites for hydroxylation is 1. The van der Waals surface area contributed by atoms with Gasteiger partial charge in [-0.3, -0.25) is 9.78 Å². The van der Waals surface area contributed by atoms with E-state index < -0.39 is 12.5 Å². The molecule has 7 heteroatoms. The molecule has 146 valence electrons. The zero-order chi connectivity index (χ0) is 20.3. The average Bonchev–Trinajstić information content (AvgIpc) is 2.65. The van der Waals surface area contributed by atoms with Crippen LogP contribution < -0.4 is 10.1 Å². The predicted molar refractivity (Wildman–Crippen MR) is 103 cm³/mol. The maximum Gasteiger partial charge on any atom is 0.278 e. The highest BCUT2D eigenvalue weighted by atomic mass is 19.3. The summed E-state index contributed by atoms with van der Waals surface area (Å²) in [7, 11) is 0. The van der Waals surface area contributed by atoms with Gasteiger partial charge in [0.1, 0.15) is 0 Å². The second-order valence-corrected chi connectivity index (χ2v) is 6.86. The zero-order valence-electron chi connectivity index (χ0n) is 15.9. The van der Waals surface area contributed by atoms with Gasteiger partial charge in [0.15, 0.2) is 6.61 Å². The van der Waals surface area contributed by atoms with Gasteiger partial charge in [0, 0.05) is 30.3 Å². The first-order valence-electron chi connectivity index (χ1n) is 8.86. The fourth-order valence-electron chi connectivity index (χ4n) is 2.73. The number of benzene rings is 1. The molecule has 28 heavy (non-hydrogen) atoms. The van der Waals surface area contributed by atoms with Gasteiger partial charge >= 0.3 is 0 Å². The lowest BCUT2D eigenvalue weighted by Crippen LogP contribution is -2.27. The molecule has 5 nitrogen and oxygen atoms in total. The van der Waals surface area contributed by atoms with Crippen molar-refractivity contribution in [3.8, 4) is 5.88 Å². The molecule has 0 saturated heterocycles. The highest BCUT2D eigenvalue weighted by molar-refractivity contribution is 5.97. The third-order valence-electron chi connectivity index (χ3n) is 4.21. The lowest BCUT2D eigenvalue weighted by atomic mass is 10.1. The van der Waals surface area contributed by atoms with Crippen molar-refractivity contribution in [1.29, 1.82) is 0 Å². The first-order chi connectivity index (χ1) is 13.2. The van der Waals surface area contributed by atoms with E-state index in [1.807, 2.05) is 31.2 Å². The van der Waals surface area contributed by atoms with Crippen molar-refractivity contribution >= 4 is 16.8 Å². The van der Waals surface area contributed by atoms with E-state index in [2.05, 4.69) is 15.3 Å². The Morgan fingerprint density at radius 2 is 1.96 bits per heavy atom. The van der Waals surface area contributed by atoms with Crippen LogP contribution in [0, 0.1) is 6.92 Å². The molecule has 1 N–H and O–H groups in total. The van der Waals surface area contributed by atoms with E-state index in [0.717, 1.165) is 23.4 Å². The number of carbonyl (C=O) groups excluding carboxylic acids is 1. The summed E-state index contributed by atoms with van der Waals surface area (Å²) in [5.74, 6) is -3.03. The van der Waals surface area contributed by atoms with Crippen LogP contribution in [0.5, 0.6) is 5.88 Å². The molecule has 0 saturated carbocycles. The molecule has 0 aliphatic rings. The largest absolute Gasteiger partial charge is 0.471 e. The Balaban J connectivity index is 1.70. The molecule has 0 aliphatic heterocycles. The molecule has 0 radical (unpaired) electrons. The number of para-hydroxylation sites is 1.